The molecular weight excluding hydrogens is 487 g/mol. The van der Waals surface area contributed by atoms with Crippen LogP contribution in [0.25, 0.3) is 0 Å². The molecule has 0 aromatic heterocycles. The van der Waals surface area contributed by atoms with E-state index >= 15 is 0 Å². The summed E-state index contributed by atoms with van der Waals surface area (Å²) in [6.07, 6.45) is 4.74. The zero-order valence-electron chi connectivity index (χ0n) is 18.0. The second kappa shape index (κ2) is 16.0. The molecule has 0 aromatic rings. The number of aliphatic imine (C=N–C) groups is 1. The van der Waals surface area contributed by atoms with Crippen LogP contribution in [0.1, 0.15) is 46.0 Å². The molecule has 0 aromatic carbocycles. The molecule has 9 heteroatoms. The van der Waals surface area contributed by atoms with Crippen molar-refractivity contribution in [2.75, 3.05) is 59.2 Å². The summed E-state index contributed by atoms with van der Waals surface area (Å²) >= 11 is 0. The highest BCUT2D eigenvalue weighted by Crippen LogP contribution is 2.14. The van der Waals surface area contributed by atoms with Crippen molar-refractivity contribution in [2.24, 2.45) is 10.9 Å². The van der Waals surface area contributed by atoms with Crippen molar-refractivity contribution >= 4 is 36.0 Å². The van der Waals surface area contributed by atoms with Crippen LogP contribution >= 0.6 is 24.0 Å². The number of nitrogens with zero attached hydrogens (tertiary/aromatic N) is 2. The minimum atomic E-state index is -0.206. The number of hydrogen-bond donors (Lipinski definition) is 2. The molecule has 0 spiro atoms. The Balaban J connectivity index is 0.00000420. The van der Waals surface area contributed by atoms with Gasteiger partial charge in [0.2, 0.25) is 0 Å². The molecule has 2 heterocycles. The van der Waals surface area contributed by atoms with Gasteiger partial charge in [0.15, 0.2) is 5.96 Å². The van der Waals surface area contributed by atoms with Crippen molar-refractivity contribution in [1.29, 1.82) is 0 Å². The highest BCUT2D eigenvalue weighted by molar-refractivity contribution is 14.0. The van der Waals surface area contributed by atoms with Crippen LogP contribution in [0.15, 0.2) is 4.99 Å². The number of halogens is 1. The van der Waals surface area contributed by atoms with Crippen molar-refractivity contribution in [1.82, 2.24) is 15.5 Å². The van der Waals surface area contributed by atoms with Crippen LogP contribution in [0.5, 0.6) is 0 Å². The van der Waals surface area contributed by atoms with Gasteiger partial charge in [-0.2, -0.15) is 0 Å². The Morgan fingerprint density at radius 1 is 1.17 bits per heavy atom. The Labute approximate surface area is 192 Å². The first-order valence-electron chi connectivity index (χ1n) is 10.8. The Morgan fingerprint density at radius 3 is 2.55 bits per heavy atom. The average molecular weight is 526 g/mol. The molecule has 2 fully saturated rings. The first-order valence-corrected chi connectivity index (χ1v) is 10.8. The standard InChI is InChI=1S/C20H38N4O4.HI/c1-3-21-19(22-10-5-13-27-16-17-8-14-26-15-9-17)23-18-6-11-24(12-7-18)20(25)28-4-2;/h17-18H,3-16H2,1-2H3,(H2,21,22,23);1H. The van der Waals surface area contributed by atoms with Crippen LogP contribution in [-0.4, -0.2) is 82.2 Å². The van der Waals surface area contributed by atoms with Gasteiger partial charge in [-0.3, -0.25) is 4.99 Å². The quantitative estimate of drug-likeness (QED) is 0.208. The van der Waals surface area contributed by atoms with Gasteiger partial charge in [-0.15, -0.1) is 24.0 Å². The molecular formula is C20H39IN4O4. The zero-order valence-corrected chi connectivity index (χ0v) is 20.3. The van der Waals surface area contributed by atoms with E-state index in [1.54, 1.807) is 4.90 Å². The molecule has 2 saturated heterocycles. The molecule has 0 bridgehead atoms. The third kappa shape index (κ3) is 10.7. The first kappa shape index (κ1) is 26.2. The van der Waals surface area contributed by atoms with Crippen LogP contribution in [-0.2, 0) is 14.2 Å². The summed E-state index contributed by atoms with van der Waals surface area (Å²) in [5.74, 6) is 1.50. The number of carbonyl (C=O) groups excluding carboxylic acids is 1. The van der Waals surface area contributed by atoms with E-state index in [0.29, 0.717) is 18.6 Å². The Morgan fingerprint density at radius 2 is 1.90 bits per heavy atom. The third-order valence-electron chi connectivity index (χ3n) is 5.12. The van der Waals surface area contributed by atoms with E-state index < -0.39 is 0 Å². The Hall–Kier alpha value is -0.810. The largest absolute Gasteiger partial charge is 0.450 e. The number of amides is 1. The zero-order chi connectivity index (χ0) is 20.0. The minimum Gasteiger partial charge on any atom is -0.450 e. The molecule has 8 nitrogen and oxygen atoms in total. The maximum absolute atomic E-state index is 11.8. The highest BCUT2D eigenvalue weighted by Gasteiger charge is 2.24. The monoisotopic (exact) mass is 526 g/mol. The lowest BCUT2D eigenvalue weighted by molar-refractivity contribution is 0.0205. The highest BCUT2D eigenvalue weighted by atomic mass is 127. The number of hydrogen-bond acceptors (Lipinski definition) is 5. The average Bonchev–Trinajstić information content (AvgIpc) is 2.72. The number of ether oxygens (including phenoxy) is 3. The molecule has 170 valence electrons. The Kier molecular flexibility index (Phi) is 14.4. The van der Waals surface area contributed by atoms with E-state index in [2.05, 4.69) is 22.5 Å². The predicted octanol–water partition coefficient (Wildman–Crippen LogP) is 2.61. The van der Waals surface area contributed by atoms with Crippen molar-refractivity contribution < 1.29 is 19.0 Å². The molecule has 2 aliphatic heterocycles. The number of piperidine rings is 1. The molecule has 2 N–H and O–H groups in total. The van der Waals surface area contributed by atoms with E-state index in [-0.39, 0.29) is 30.1 Å². The fraction of sp³-hybridized carbons (Fsp3) is 0.900. The van der Waals surface area contributed by atoms with Gasteiger partial charge in [0.1, 0.15) is 0 Å². The summed E-state index contributed by atoms with van der Waals surface area (Å²) < 4.78 is 16.2. The molecule has 1 amide bonds. The van der Waals surface area contributed by atoms with Crippen LogP contribution in [0, 0.1) is 5.92 Å². The van der Waals surface area contributed by atoms with Crippen LogP contribution < -0.4 is 10.6 Å². The summed E-state index contributed by atoms with van der Waals surface area (Å²) in [5, 5.41) is 6.80. The summed E-state index contributed by atoms with van der Waals surface area (Å²) in [7, 11) is 0. The lowest BCUT2D eigenvalue weighted by Crippen LogP contribution is -2.49. The topological polar surface area (TPSA) is 84.4 Å². The first-order chi connectivity index (χ1) is 13.7. The van der Waals surface area contributed by atoms with E-state index in [4.69, 9.17) is 14.2 Å². The molecule has 0 radical (unpaired) electrons. The van der Waals surface area contributed by atoms with Crippen molar-refractivity contribution in [3.8, 4) is 0 Å². The predicted molar refractivity (Wildman–Crippen MR) is 125 cm³/mol. The van der Waals surface area contributed by atoms with Gasteiger partial charge in [-0.1, -0.05) is 0 Å². The van der Waals surface area contributed by atoms with E-state index in [9.17, 15) is 4.79 Å². The number of rotatable bonds is 9. The molecule has 0 unspecified atom stereocenters. The second-order valence-electron chi connectivity index (χ2n) is 7.35. The fourth-order valence-corrected chi connectivity index (χ4v) is 3.46. The minimum absolute atomic E-state index is 0. The van der Waals surface area contributed by atoms with Crippen molar-refractivity contribution in [3.63, 3.8) is 0 Å². The third-order valence-corrected chi connectivity index (χ3v) is 5.12. The van der Waals surface area contributed by atoms with Gasteiger partial charge in [0, 0.05) is 58.6 Å². The molecule has 29 heavy (non-hydrogen) atoms. The van der Waals surface area contributed by atoms with Crippen molar-refractivity contribution in [3.05, 3.63) is 0 Å². The fourth-order valence-electron chi connectivity index (χ4n) is 3.46. The molecule has 2 aliphatic rings. The van der Waals surface area contributed by atoms with Crippen LogP contribution in [0.4, 0.5) is 4.79 Å². The van der Waals surface area contributed by atoms with Gasteiger partial charge in [-0.25, -0.2) is 4.79 Å². The molecule has 0 atom stereocenters. The van der Waals surface area contributed by atoms with Crippen LogP contribution in [0.3, 0.4) is 0 Å². The molecule has 0 saturated carbocycles. The van der Waals surface area contributed by atoms with Crippen molar-refractivity contribution in [2.45, 2.75) is 52.0 Å². The molecule has 2 rings (SSSR count). The lowest BCUT2D eigenvalue weighted by Gasteiger charge is -2.32. The lowest BCUT2D eigenvalue weighted by atomic mass is 10.0. The second-order valence-corrected chi connectivity index (χ2v) is 7.35. The normalized spacial score (nSPS) is 18.8. The molecule has 0 aliphatic carbocycles. The maximum atomic E-state index is 11.8. The number of likely N-dealkylation sites (tertiary alicyclic amines) is 1. The number of guanidine groups is 1. The van der Waals surface area contributed by atoms with Gasteiger partial charge >= 0.3 is 6.09 Å². The summed E-state index contributed by atoms with van der Waals surface area (Å²) in [4.78, 5) is 18.2. The smallest absolute Gasteiger partial charge is 0.409 e. The number of nitrogens with one attached hydrogen (secondary N) is 2. The van der Waals surface area contributed by atoms with Gasteiger partial charge in [0.25, 0.3) is 0 Å². The summed E-state index contributed by atoms with van der Waals surface area (Å²) in [5.41, 5.74) is 0. The van der Waals surface area contributed by atoms with E-state index in [0.717, 1.165) is 90.7 Å². The summed E-state index contributed by atoms with van der Waals surface area (Å²) in [6.45, 7) is 10.7. The van der Waals surface area contributed by atoms with E-state index in [1.807, 2.05) is 6.92 Å². The number of carbonyl (C=O) groups is 1. The summed E-state index contributed by atoms with van der Waals surface area (Å²) in [6, 6.07) is 0.327. The van der Waals surface area contributed by atoms with Gasteiger partial charge < -0.3 is 29.7 Å². The van der Waals surface area contributed by atoms with Gasteiger partial charge in [0.05, 0.1) is 6.61 Å². The Bertz CT molecular complexity index is 467. The van der Waals surface area contributed by atoms with E-state index in [1.165, 1.54) is 0 Å². The van der Waals surface area contributed by atoms with Crippen LogP contribution in [0.2, 0.25) is 0 Å². The van der Waals surface area contributed by atoms with Gasteiger partial charge in [-0.05, 0) is 51.9 Å². The maximum Gasteiger partial charge on any atom is 0.409 e. The SMILES string of the molecule is CCNC(=NCCCOCC1CCOCC1)NC1CCN(C(=O)OCC)CC1.I.